The molecule has 1 aromatic heterocycles. The first kappa shape index (κ1) is 20.9. The Morgan fingerprint density at radius 2 is 1.90 bits per heavy atom. The van der Waals surface area contributed by atoms with Crippen molar-refractivity contribution in [2.24, 2.45) is 11.3 Å². The van der Waals surface area contributed by atoms with Crippen LogP contribution in [0.3, 0.4) is 0 Å². The molecular formula is C20H23Cl2N5O3. The highest BCUT2D eigenvalue weighted by Crippen LogP contribution is 2.52. The van der Waals surface area contributed by atoms with Crippen molar-refractivity contribution in [3.8, 4) is 0 Å². The molecule has 160 valence electrons. The molecule has 30 heavy (non-hydrogen) atoms. The van der Waals surface area contributed by atoms with Crippen LogP contribution in [0.4, 0.5) is 4.79 Å². The molecule has 0 unspecified atom stereocenters. The lowest BCUT2D eigenvalue weighted by Crippen LogP contribution is -2.52. The van der Waals surface area contributed by atoms with Crippen molar-refractivity contribution in [2.75, 3.05) is 13.1 Å². The highest BCUT2D eigenvalue weighted by Gasteiger charge is 2.49. The average molecular weight is 452 g/mol. The Bertz CT molecular complexity index is 885. The van der Waals surface area contributed by atoms with Crippen molar-refractivity contribution in [3.63, 3.8) is 0 Å². The summed E-state index contributed by atoms with van der Waals surface area (Å²) in [6.07, 6.45) is 4.76. The number of rotatable bonds is 5. The molecule has 1 aromatic carbocycles. The normalized spacial score (nSPS) is 18.1. The van der Waals surface area contributed by atoms with Gasteiger partial charge in [0, 0.05) is 29.1 Å². The van der Waals surface area contributed by atoms with Crippen molar-refractivity contribution in [2.45, 2.75) is 38.8 Å². The number of halogens is 2. The molecule has 2 N–H and O–H groups in total. The van der Waals surface area contributed by atoms with Crippen molar-refractivity contribution in [1.29, 1.82) is 0 Å². The minimum absolute atomic E-state index is 0.0305. The van der Waals surface area contributed by atoms with Crippen LogP contribution in [-0.4, -0.2) is 45.4 Å². The zero-order chi connectivity index (χ0) is 21.1. The zero-order valence-electron chi connectivity index (χ0n) is 16.4. The van der Waals surface area contributed by atoms with Gasteiger partial charge in [-0.3, -0.25) is 4.79 Å². The number of ether oxygens (including phenoxy) is 1. The van der Waals surface area contributed by atoms with Gasteiger partial charge in [0.1, 0.15) is 12.3 Å². The number of H-pyrrole nitrogens is 1. The lowest BCUT2D eigenvalue weighted by molar-refractivity contribution is -0.135. The molecule has 1 saturated carbocycles. The van der Waals surface area contributed by atoms with Gasteiger partial charge in [-0.2, -0.15) is 15.4 Å². The van der Waals surface area contributed by atoms with Crippen LogP contribution in [0.15, 0.2) is 24.4 Å². The van der Waals surface area contributed by atoms with Gasteiger partial charge in [0.2, 0.25) is 5.91 Å². The Morgan fingerprint density at radius 1 is 1.20 bits per heavy atom. The topological polar surface area (TPSA) is 100 Å². The van der Waals surface area contributed by atoms with Crippen LogP contribution < -0.4 is 5.32 Å². The Kier molecular flexibility index (Phi) is 6.15. The fraction of sp³-hybridized carbons (Fsp3) is 0.500. The third kappa shape index (κ3) is 4.87. The summed E-state index contributed by atoms with van der Waals surface area (Å²) >= 11 is 12.0. The number of nitrogens with one attached hydrogen (secondary N) is 2. The Hall–Kier alpha value is -2.32. The first-order valence-electron chi connectivity index (χ1n) is 9.91. The van der Waals surface area contributed by atoms with Gasteiger partial charge in [-0.25, -0.2) is 4.79 Å². The second-order valence-corrected chi connectivity index (χ2v) is 8.98. The van der Waals surface area contributed by atoms with E-state index in [0.717, 1.165) is 31.2 Å². The number of aromatic nitrogens is 3. The van der Waals surface area contributed by atoms with Gasteiger partial charge < -0.3 is 15.0 Å². The van der Waals surface area contributed by atoms with Gasteiger partial charge >= 0.3 is 6.09 Å². The molecule has 2 aliphatic rings. The van der Waals surface area contributed by atoms with Gasteiger partial charge in [0.25, 0.3) is 0 Å². The molecule has 4 rings (SSSR count). The SMILES string of the molecule is O=C(NCc1cn[nH]n1)C1CC2(CCN(C(=O)OCc3cc(Cl)cc(Cl)c3)CC2)C1. The van der Waals surface area contributed by atoms with E-state index in [0.29, 0.717) is 35.4 Å². The molecule has 2 aromatic rings. The van der Waals surface area contributed by atoms with Crippen LogP contribution in [0.25, 0.3) is 0 Å². The fourth-order valence-corrected chi connectivity index (χ4v) is 4.88. The molecular weight excluding hydrogens is 429 g/mol. The highest BCUT2D eigenvalue weighted by atomic mass is 35.5. The molecule has 10 heteroatoms. The van der Waals surface area contributed by atoms with Crippen LogP contribution in [0.1, 0.15) is 36.9 Å². The van der Waals surface area contributed by atoms with Gasteiger partial charge in [-0.1, -0.05) is 23.2 Å². The van der Waals surface area contributed by atoms with E-state index in [1.54, 1.807) is 29.3 Å². The molecule has 2 heterocycles. The second-order valence-electron chi connectivity index (χ2n) is 8.10. The minimum Gasteiger partial charge on any atom is -0.445 e. The molecule has 8 nitrogen and oxygen atoms in total. The molecule has 0 radical (unpaired) electrons. The number of nitrogens with zero attached hydrogens (tertiary/aromatic N) is 3. The maximum absolute atomic E-state index is 12.4. The van der Waals surface area contributed by atoms with Gasteiger partial charge in [0.15, 0.2) is 0 Å². The van der Waals surface area contributed by atoms with E-state index in [1.165, 1.54) is 0 Å². The van der Waals surface area contributed by atoms with Gasteiger partial charge in [0.05, 0.1) is 12.7 Å². The lowest BCUT2D eigenvalue weighted by Gasteiger charge is -2.51. The van der Waals surface area contributed by atoms with Crippen LogP contribution in [-0.2, 0) is 22.7 Å². The molecule has 1 aliphatic carbocycles. The van der Waals surface area contributed by atoms with Crippen LogP contribution >= 0.6 is 23.2 Å². The quantitative estimate of drug-likeness (QED) is 0.723. The molecule has 1 spiro atoms. The standard InChI is InChI=1S/C20H23Cl2N5O3/c21-15-5-13(6-16(22)7-15)12-30-19(29)27-3-1-20(2-4-27)8-14(9-20)18(28)23-10-17-11-24-26-25-17/h5-7,11,14H,1-4,8-10,12H2,(H,23,28)(H,24,25,26). The Balaban J connectivity index is 1.18. The van der Waals surface area contributed by atoms with E-state index >= 15 is 0 Å². The van der Waals surface area contributed by atoms with Crippen LogP contribution in [0.5, 0.6) is 0 Å². The molecule has 2 amide bonds. The first-order chi connectivity index (χ1) is 14.4. The lowest BCUT2D eigenvalue weighted by atomic mass is 9.57. The van der Waals surface area contributed by atoms with Crippen molar-refractivity contribution in [1.82, 2.24) is 25.6 Å². The van der Waals surface area contributed by atoms with Crippen LogP contribution in [0, 0.1) is 11.3 Å². The number of carbonyl (C=O) groups excluding carboxylic acids is 2. The third-order valence-corrected chi connectivity index (χ3v) is 6.44. The van der Waals surface area contributed by atoms with E-state index in [9.17, 15) is 9.59 Å². The zero-order valence-corrected chi connectivity index (χ0v) is 17.9. The maximum atomic E-state index is 12.4. The molecule has 0 atom stereocenters. The maximum Gasteiger partial charge on any atom is 0.410 e. The number of hydrogen-bond acceptors (Lipinski definition) is 5. The number of carbonyl (C=O) groups is 2. The number of benzene rings is 1. The smallest absolute Gasteiger partial charge is 0.410 e. The Labute approximate surface area is 184 Å². The fourth-order valence-electron chi connectivity index (χ4n) is 4.31. The Morgan fingerprint density at radius 3 is 2.53 bits per heavy atom. The van der Waals surface area contributed by atoms with Gasteiger partial charge in [-0.05, 0) is 54.9 Å². The summed E-state index contributed by atoms with van der Waals surface area (Å²) in [7, 11) is 0. The number of hydrogen-bond donors (Lipinski definition) is 2. The predicted molar refractivity (Wildman–Crippen MR) is 111 cm³/mol. The average Bonchev–Trinajstić information content (AvgIpc) is 3.21. The van der Waals surface area contributed by atoms with E-state index in [1.807, 2.05) is 0 Å². The molecule has 1 saturated heterocycles. The summed E-state index contributed by atoms with van der Waals surface area (Å²) in [6.45, 7) is 1.80. The van der Waals surface area contributed by atoms with Gasteiger partial charge in [-0.15, -0.1) is 0 Å². The third-order valence-electron chi connectivity index (χ3n) is 6.01. The van der Waals surface area contributed by atoms with E-state index < -0.39 is 0 Å². The van der Waals surface area contributed by atoms with E-state index in [4.69, 9.17) is 27.9 Å². The molecule has 2 fully saturated rings. The number of aromatic amines is 1. The van der Waals surface area contributed by atoms with Crippen molar-refractivity contribution >= 4 is 35.2 Å². The summed E-state index contributed by atoms with van der Waals surface area (Å²) in [5.41, 5.74) is 1.63. The first-order valence-corrected chi connectivity index (χ1v) is 10.7. The summed E-state index contributed by atoms with van der Waals surface area (Å²) < 4.78 is 5.42. The molecule has 0 bridgehead atoms. The summed E-state index contributed by atoms with van der Waals surface area (Å²) in [4.78, 5) is 26.4. The van der Waals surface area contributed by atoms with Crippen molar-refractivity contribution < 1.29 is 14.3 Å². The number of amides is 2. The largest absolute Gasteiger partial charge is 0.445 e. The molecule has 1 aliphatic heterocycles. The monoisotopic (exact) mass is 451 g/mol. The summed E-state index contributed by atoms with van der Waals surface area (Å²) in [6, 6.07) is 5.10. The predicted octanol–water partition coefficient (Wildman–Crippen LogP) is 3.56. The highest BCUT2D eigenvalue weighted by molar-refractivity contribution is 6.34. The number of piperidine rings is 1. The van der Waals surface area contributed by atoms with Crippen LogP contribution in [0.2, 0.25) is 10.0 Å². The summed E-state index contributed by atoms with van der Waals surface area (Å²) in [5.74, 6) is 0.0913. The van der Waals surface area contributed by atoms with E-state index in [2.05, 4.69) is 20.7 Å². The minimum atomic E-state index is -0.331. The summed E-state index contributed by atoms with van der Waals surface area (Å²) in [5, 5.41) is 14.1. The van der Waals surface area contributed by atoms with E-state index in [-0.39, 0.29) is 29.9 Å². The second kappa shape index (κ2) is 8.81. The van der Waals surface area contributed by atoms with Crippen molar-refractivity contribution in [3.05, 3.63) is 45.7 Å². The number of likely N-dealkylation sites (tertiary alicyclic amines) is 1.